The lowest BCUT2D eigenvalue weighted by atomic mass is 10.1. The molecule has 0 bridgehead atoms. The van der Waals surface area contributed by atoms with Crippen LogP contribution >= 0.6 is 0 Å². The van der Waals surface area contributed by atoms with Crippen molar-refractivity contribution in [2.24, 2.45) is 5.10 Å². The average Bonchev–Trinajstić information content (AvgIpc) is 2.29. The SMILES string of the molecule is C=NN/C(=C\C(=N)C(=O)O)c1ccccc1. The van der Waals surface area contributed by atoms with Crippen molar-refractivity contribution in [3.05, 3.63) is 42.0 Å². The van der Waals surface area contributed by atoms with Crippen molar-refractivity contribution in [3.8, 4) is 0 Å². The van der Waals surface area contributed by atoms with Crippen molar-refractivity contribution < 1.29 is 9.90 Å². The van der Waals surface area contributed by atoms with E-state index in [-0.39, 0.29) is 0 Å². The van der Waals surface area contributed by atoms with Gasteiger partial charge in [-0.2, -0.15) is 5.10 Å². The molecule has 5 heteroatoms. The van der Waals surface area contributed by atoms with E-state index in [1.54, 1.807) is 24.3 Å². The third kappa shape index (κ3) is 3.06. The summed E-state index contributed by atoms with van der Waals surface area (Å²) < 4.78 is 0. The normalized spacial score (nSPS) is 10.6. The van der Waals surface area contributed by atoms with Crippen LogP contribution in [0.5, 0.6) is 0 Å². The Bertz CT molecular complexity index is 438. The van der Waals surface area contributed by atoms with Crippen LogP contribution in [0.4, 0.5) is 0 Å². The summed E-state index contributed by atoms with van der Waals surface area (Å²) in [5.41, 5.74) is 3.19. The van der Waals surface area contributed by atoms with E-state index in [1.165, 1.54) is 6.08 Å². The molecular weight excluding hydrogens is 206 g/mol. The highest BCUT2D eigenvalue weighted by atomic mass is 16.4. The Labute approximate surface area is 92.6 Å². The van der Waals surface area contributed by atoms with Crippen LogP contribution in [0.15, 0.2) is 41.5 Å². The van der Waals surface area contributed by atoms with Crippen LogP contribution in [0.25, 0.3) is 5.70 Å². The Hall–Kier alpha value is -2.43. The molecule has 0 saturated heterocycles. The van der Waals surface area contributed by atoms with Crippen LogP contribution in [0.2, 0.25) is 0 Å². The molecule has 1 aromatic carbocycles. The van der Waals surface area contributed by atoms with Crippen LogP contribution in [0.3, 0.4) is 0 Å². The maximum Gasteiger partial charge on any atom is 0.353 e. The summed E-state index contributed by atoms with van der Waals surface area (Å²) in [6.45, 7) is 3.26. The fraction of sp³-hybridized carbons (Fsp3) is 0. The topological polar surface area (TPSA) is 85.5 Å². The number of benzene rings is 1. The first kappa shape index (κ1) is 11.6. The molecule has 0 aliphatic heterocycles. The van der Waals surface area contributed by atoms with Crippen molar-refractivity contribution in [3.63, 3.8) is 0 Å². The van der Waals surface area contributed by atoms with E-state index < -0.39 is 11.7 Å². The van der Waals surface area contributed by atoms with Gasteiger partial charge in [-0.1, -0.05) is 30.3 Å². The van der Waals surface area contributed by atoms with Gasteiger partial charge in [-0.25, -0.2) is 4.79 Å². The minimum Gasteiger partial charge on any atom is -0.477 e. The first-order valence-electron chi connectivity index (χ1n) is 4.46. The molecule has 82 valence electrons. The molecule has 0 spiro atoms. The van der Waals surface area contributed by atoms with Gasteiger partial charge in [0.2, 0.25) is 0 Å². The molecular formula is C11H11N3O2. The van der Waals surface area contributed by atoms with Crippen molar-refractivity contribution in [1.82, 2.24) is 5.43 Å². The van der Waals surface area contributed by atoms with Crippen molar-refractivity contribution in [2.45, 2.75) is 0 Å². The smallest absolute Gasteiger partial charge is 0.353 e. The molecule has 0 aliphatic carbocycles. The highest BCUT2D eigenvalue weighted by Gasteiger charge is 2.06. The van der Waals surface area contributed by atoms with Crippen LogP contribution in [-0.4, -0.2) is 23.5 Å². The predicted octanol–water partition coefficient (Wildman–Crippen LogP) is 1.34. The fourth-order valence-corrected chi connectivity index (χ4v) is 1.09. The van der Waals surface area contributed by atoms with E-state index in [9.17, 15) is 4.79 Å². The summed E-state index contributed by atoms with van der Waals surface area (Å²) in [5, 5.41) is 19.3. The molecule has 0 amide bonds. The number of carbonyl (C=O) groups is 1. The summed E-state index contributed by atoms with van der Waals surface area (Å²) in [4.78, 5) is 10.5. The van der Waals surface area contributed by atoms with Gasteiger partial charge in [0.05, 0.1) is 5.70 Å². The van der Waals surface area contributed by atoms with E-state index in [0.717, 1.165) is 5.56 Å². The molecule has 0 unspecified atom stereocenters. The maximum absolute atomic E-state index is 10.5. The largest absolute Gasteiger partial charge is 0.477 e. The Morgan fingerprint density at radius 1 is 1.44 bits per heavy atom. The zero-order chi connectivity index (χ0) is 12.0. The molecule has 1 aromatic rings. The van der Waals surface area contributed by atoms with Gasteiger partial charge in [0.1, 0.15) is 5.71 Å². The highest BCUT2D eigenvalue weighted by Crippen LogP contribution is 2.10. The highest BCUT2D eigenvalue weighted by molar-refractivity contribution is 6.40. The number of carboxylic acid groups (broad SMARTS) is 1. The second-order valence-electron chi connectivity index (χ2n) is 2.91. The third-order valence-corrected chi connectivity index (χ3v) is 1.80. The summed E-state index contributed by atoms with van der Waals surface area (Å²) in [6.07, 6.45) is 1.19. The van der Waals surface area contributed by atoms with Gasteiger partial charge in [0, 0.05) is 6.72 Å². The predicted molar refractivity (Wildman–Crippen MR) is 62.5 cm³/mol. The Kier molecular flexibility index (Phi) is 3.97. The van der Waals surface area contributed by atoms with Crippen LogP contribution in [-0.2, 0) is 4.79 Å². The zero-order valence-electron chi connectivity index (χ0n) is 8.47. The van der Waals surface area contributed by atoms with Crippen molar-refractivity contribution >= 4 is 24.1 Å². The molecule has 0 atom stereocenters. The van der Waals surface area contributed by atoms with Gasteiger partial charge in [-0.05, 0) is 11.6 Å². The second-order valence-corrected chi connectivity index (χ2v) is 2.91. The molecule has 1 rings (SSSR count). The van der Waals surface area contributed by atoms with Crippen LogP contribution < -0.4 is 5.43 Å². The summed E-state index contributed by atoms with van der Waals surface area (Å²) in [6, 6.07) is 9.00. The molecule has 0 aromatic heterocycles. The molecule has 0 fully saturated rings. The Morgan fingerprint density at radius 3 is 2.56 bits per heavy atom. The van der Waals surface area contributed by atoms with Gasteiger partial charge in [0.25, 0.3) is 0 Å². The van der Waals surface area contributed by atoms with E-state index in [1.807, 2.05) is 6.07 Å². The minimum atomic E-state index is -1.29. The van der Waals surface area contributed by atoms with E-state index >= 15 is 0 Å². The number of hydrazone groups is 1. The molecule has 5 nitrogen and oxygen atoms in total. The maximum atomic E-state index is 10.5. The quantitative estimate of drug-likeness (QED) is 0.514. The molecule has 0 saturated carbocycles. The second kappa shape index (κ2) is 5.45. The van der Waals surface area contributed by atoms with Gasteiger partial charge in [0.15, 0.2) is 0 Å². The van der Waals surface area contributed by atoms with Crippen molar-refractivity contribution in [2.75, 3.05) is 0 Å². The summed E-state index contributed by atoms with van der Waals surface area (Å²) >= 11 is 0. The van der Waals surface area contributed by atoms with Gasteiger partial charge in [-0.15, -0.1) is 0 Å². The lowest BCUT2D eigenvalue weighted by Gasteiger charge is -2.05. The lowest BCUT2D eigenvalue weighted by molar-refractivity contribution is -0.129. The number of hydrogen-bond donors (Lipinski definition) is 3. The first-order valence-corrected chi connectivity index (χ1v) is 4.46. The molecule has 0 radical (unpaired) electrons. The van der Waals surface area contributed by atoms with Gasteiger partial charge >= 0.3 is 5.97 Å². The molecule has 16 heavy (non-hydrogen) atoms. The number of nitrogens with one attached hydrogen (secondary N) is 2. The third-order valence-electron chi connectivity index (χ3n) is 1.80. The lowest BCUT2D eigenvalue weighted by Crippen LogP contribution is -2.12. The van der Waals surface area contributed by atoms with E-state index in [0.29, 0.717) is 5.70 Å². The number of aliphatic carboxylic acids is 1. The van der Waals surface area contributed by atoms with Crippen molar-refractivity contribution in [1.29, 1.82) is 5.41 Å². The van der Waals surface area contributed by atoms with Gasteiger partial charge in [-0.3, -0.25) is 10.8 Å². The zero-order valence-corrected chi connectivity index (χ0v) is 8.47. The summed E-state index contributed by atoms with van der Waals surface area (Å²) in [5.74, 6) is -1.29. The Balaban J connectivity index is 3.05. The molecule has 3 N–H and O–H groups in total. The number of hydrogen-bond acceptors (Lipinski definition) is 4. The number of nitrogens with zero attached hydrogens (tertiary/aromatic N) is 1. The minimum absolute atomic E-state index is 0.419. The Morgan fingerprint density at radius 2 is 2.06 bits per heavy atom. The monoisotopic (exact) mass is 217 g/mol. The first-order chi connectivity index (χ1) is 7.65. The van der Waals surface area contributed by atoms with E-state index in [2.05, 4.69) is 17.2 Å². The summed E-state index contributed by atoms with van der Waals surface area (Å²) in [7, 11) is 0. The standard InChI is InChI=1S/C11H11N3O2/c1-13-14-10(7-9(12)11(15)16)8-5-3-2-4-6-8/h2-7,12,14H,1H2,(H,15,16)/b10-7-,12-9?. The van der Waals surface area contributed by atoms with Crippen LogP contribution in [0.1, 0.15) is 5.56 Å². The van der Waals surface area contributed by atoms with Gasteiger partial charge < -0.3 is 5.11 Å². The van der Waals surface area contributed by atoms with Crippen LogP contribution in [0, 0.1) is 5.41 Å². The number of carboxylic acids is 1. The average molecular weight is 217 g/mol. The molecule has 0 heterocycles. The number of rotatable bonds is 5. The van der Waals surface area contributed by atoms with E-state index in [4.69, 9.17) is 10.5 Å². The molecule has 0 aliphatic rings. The fourth-order valence-electron chi connectivity index (χ4n) is 1.09.